The van der Waals surface area contributed by atoms with Crippen molar-refractivity contribution in [3.8, 4) is 0 Å². The van der Waals surface area contributed by atoms with Gasteiger partial charge in [0.05, 0.1) is 16.2 Å². The third kappa shape index (κ3) is 5.51. The van der Waals surface area contributed by atoms with E-state index < -0.39 is 0 Å². The van der Waals surface area contributed by atoms with E-state index >= 15 is 0 Å². The minimum atomic E-state index is -0.374. The number of thioether (sulfide) groups is 1. The third-order valence-electron chi connectivity index (χ3n) is 6.41. The van der Waals surface area contributed by atoms with Gasteiger partial charge in [-0.1, -0.05) is 86.9 Å². The monoisotopic (exact) mass is 541 g/mol. The van der Waals surface area contributed by atoms with E-state index in [-0.39, 0.29) is 24.3 Å². The molecule has 4 rings (SSSR count). The van der Waals surface area contributed by atoms with Crippen LogP contribution in [0.15, 0.2) is 53.4 Å². The summed E-state index contributed by atoms with van der Waals surface area (Å²) in [5.74, 6) is -0.598. The predicted octanol–water partition coefficient (Wildman–Crippen LogP) is 6.11. The lowest BCUT2D eigenvalue weighted by Gasteiger charge is -2.21. The van der Waals surface area contributed by atoms with Crippen LogP contribution < -0.4 is 10.2 Å². The van der Waals surface area contributed by atoms with Gasteiger partial charge in [0.2, 0.25) is 5.91 Å². The summed E-state index contributed by atoms with van der Waals surface area (Å²) >= 11 is 12.7. The number of halogens is 1. The fourth-order valence-corrected chi connectivity index (χ4v) is 5.89. The van der Waals surface area contributed by atoms with Crippen LogP contribution in [-0.2, 0) is 14.4 Å². The van der Waals surface area contributed by atoms with Crippen LogP contribution in [0.25, 0.3) is 5.57 Å². The molecule has 1 atom stereocenters. The Morgan fingerprint density at radius 2 is 1.78 bits per heavy atom. The summed E-state index contributed by atoms with van der Waals surface area (Å²) in [7, 11) is 0. The van der Waals surface area contributed by atoms with Crippen molar-refractivity contribution in [1.82, 2.24) is 4.90 Å². The minimum absolute atomic E-state index is 0.183. The number of carbonyl (C=O) groups excluding carboxylic acids is 3. The van der Waals surface area contributed by atoms with Crippen LogP contribution in [0.3, 0.4) is 0 Å². The highest BCUT2D eigenvalue weighted by Gasteiger charge is 2.42. The summed E-state index contributed by atoms with van der Waals surface area (Å²) in [5, 5.41) is 3.35. The first-order valence-corrected chi connectivity index (χ1v) is 13.7. The van der Waals surface area contributed by atoms with Crippen LogP contribution in [0.4, 0.5) is 11.4 Å². The number of amides is 3. The zero-order valence-corrected chi connectivity index (χ0v) is 22.6. The number of fused-ring (bicyclic) bond motifs is 1. The molecular formula is C27H28ClN3O3S2. The fraction of sp³-hybridized carbons (Fsp3) is 0.333. The summed E-state index contributed by atoms with van der Waals surface area (Å²) in [6.07, 6.45) is 4.20. The minimum Gasteiger partial charge on any atom is -0.325 e. The third-order valence-corrected chi connectivity index (χ3v) is 8.11. The van der Waals surface area contributed by atoms with E-state index in [2.05, 4.69) is 19.2 Å². The molecule has 1 unspecified atom stereocenters. The Balaban J connectivity index is 1.58. The lowest BCUT2D eigenvalue weighted by atomic mass is 9.98. The topological polar surface area (TPSA) is 69.7 Å². The Morgan fingerprint density at radius 1 is 1.06 bits per heavy atom. The summed E-state index contributed by atoms with van der Waals surface area (Å²) in [4.78, 5) is 43.3. The van der Waals surface area contributed by atoms with Gasteiger partial charge in [-0.05, 0) is 42.7 Å². The molecule has 0 aliphatic carbocycles. The average molecular weight is 542 g/mol. The number of hydrogen-bond acceptors (Lipinski definition) is 5. The number of anilines is 2. The van der Waals surface area contributed by atoms with Crippen LogP contribution in [0, 0.1) is 5.92 Å². The van der Waals surface area contributed by atoms with Gasteiger partial charge in [-0.25, -0.2) is 0 Å². The second kappa shape index (κ2) is 11.6. The second-order valence-electron chi connectivity index (χ2n) is 8.87. The zero-order valence-electron chi connectivity index (χ0n) is 20.3. The number of rotatable bonds is 9. The highest BCUT2D eigenvalue weighted by molar-refractivity contribution is 8.26. The highest BCUT2D eigenvalue weighted by atomic mass is 35.5. The Labute approximate surface area is 226 Å². The molecule has 2 aromatic rings. The normalized spacial score (nSPS) is 18.1. The molecule has 1 N–H and O–H groups in total. The summed E-state index contributed by atoms with van der Waals surface area (Å²) in [5.41, 5.74) is 2.13. The Hall–Kier alpha value is -2.68. The molecule has 0 aromatic heterocycles. The number of nitrogens with one attached hydrogen (secondary N) is 1. The van der Waals surface area contributed by atoms with Gasteiger partial charge in [-0.3, -0.25) is 24.2 Å². The van der Waals surface area contributed by atoms with Crippen LogP contribution >= 0.6 is 35.6 Å². The van der Waals surface area contributed by atoms with Crippen molar-refractivity contribution in [3.05, 3.63) is 64.0 Å². The number of para-hydroxylation sites is 1. The van der Waals surface area contributed by atoms with Crippen LogP contribution in [0.5, 0.6) is 0 Å². The molecule has 1 saturated heterocycles. The maximum absolute atomic E-state index is 13.6. The van der Waals surface area contributed by atoms with E-state index in [4.69, 9.17) is 23.8 Å². The van der Waals surface area contributed by atoms with Gasteiger partial charge in [0.1, 0.15) is 10.9 Å². The smallest absolute Gasteiger partial charge is 0.267 e. The Kier molecular flexibility index (Phi) is 8.49. The van der Waals surface area contributed by atoms with Gasteiger partial charge in [-0.2, -0.15) is 0 Å². The molecule has 9 heteroatoms. The average Bonchev–Trinajstić information content (AvgIpc) is 3.30. The van der Waals surface area contributed by atoms with Gasteiger partial charge in [0.15, 0.2) is 0 Å². The van der Waals surface area contributed by atoms with Crippen molar-refractivity contribution >= 4 is 74.6 Å². The van der Waals surface area contributed by atoms with Crippen molar-refractivity contribution in [2.24, 2.45) is 5.92 Å². The molecule has 0 spiro atoms. The van der Waals surface area contributed by atoms with Crippen LogP contribution in [0.2, 0.25) is 5.02 Å². The molecule has 3 amide bonds. The molecular weight excluding hydrogens is 514 g/mol. The Bertz CT molecular complexity index is 1230. The lowest BCUT2D eigenvalue weighted by molar-refractivity contribution is -0.123. The van der Waals surface area contributed by atoms with E-state index in [9.17, 15) is 14.4 Å². The van der Waals surface area contributed by atoms with Crippen molar-refractivity contribution in [1.29, 1.82) is 0 Å². The summed E-state index contributed by atoms with van der Waals surface area (Å²) in [6.45, 7) is 4.65. The zero-order chi connectivity index (χ0) is 25.8. The molecule has 188 valence electrons. The molecule has 0 radical (unpaired) electrons. The summed E-state index contributed by atoms with van der Waals surface area (Å²) in [6, 6.07) is 14.0. The van der Waals surface area contributed by atoms with E-state index in [0.717, 1.165) is 25.7 Å². The summed E-state index contributed by atoms with van der Waals surface area (Å²) < 4.78 is 0.474. The van der Waals surface area contributed by atoms with E-state index in [1.807, 2.05) is 18.2 Å². The largest absolute Gasteiger partial charge is 0.325 e. The van der Waals surface area contributed by atoms with E-state index in [1.165, 1.54) is 16.7 Å². The molecule has 36 heavy (non-hydrogen) atoms. The van der Waals surface area contributed by atoms with Gasteiger partial charge in [-0.15, -0.1) is 0 Å². The van der Waals surface area contributed by atoms with Gasteiger partial charge in [0, 0.05) is 22.8 Å². The maximum Gasteiger partial charge on any atom is 0.267 e. The predicted molar refractivity (Wildman–Crippen MR) is 151 cm³/mol. The van der Waals surface area contributed by atoms with E-state index in [1.54, 1.807) is 35.2 Å². The number of benzene rings is 2. The molecule has 2 aromatic carbocycles. The molecule has 6 nitrogen and oxygen atoms in total. The molecule has 2 aliphatic rings. The van der Waals surface area contributed by atoms with Crippen molar-refractivity contribution in [3.63, 3.8) is 0 Å². The fourth-order valence-electron chi connectivity index (χ4n) is 4.42. The molecule has 0 saturated carbocycles. The number of hydrogen-bond donors (Lipinski definition) is 1. The SMILES string of the molecule is CCCCC(CC)CN1C(=O)/C(=C2\C(=O)N(CC(=O)Nc3ccc(Cl)cc3)c3ccccc32)SC1=S. The van der Waals surface area contributed by atoms with Crippen molar-refractivity contribution in [2.45, 2.75) is 39.5 Å². The van der Waals surface area contributed by atoms with Gasteiger partial charge >= 0.3 is 0 Å². The van der Waals surface area contributed by atoms with Gasteiger partial charge < -0.3 is 5.32 Å². The number of thiocarbonyl (C=S) groups is 1. The van der Waals surface area contributed by atoms with Gasteiger partial charge in [0.25, 0.3) is 11.8 Å². The van der Waals surface area contributed by atoms with Crippen LogP contribution in [-0.4, -0.2) is 40.0 Å². The molecule has 0 bridgehead atoms. The molecule has 1 fully saturated rings. The first kappa shape index (κ1) is 26.4. The number of nitrogens with zero attached hydrogens (tertiary/aromatic N) is 2. The Morgan fingerprint density at radius 3 is 2.47 bits per heavy atom. The quantitative estimate of drug-likeness (QED) is 0.306. The van der Waals surface area contributed by atoms with Crippen LogP contribution in [0.1, 0.15) is 45.1 Å². The number of carbonyl (C=O) groups is 3. The number of unbranched alkanes of at least 4 members (excludes halogenated alkanes) is 1. The highest BCUT2D eigenvalue weighted by Crippen LogP contribution is 2.44. The lowest BCUT2D eigenvalue weighted by Crippen LogP contribution is -2.36. The van der Waals surface area contributed by atoms with Crippen molar-refractivity contribution in [2.75, 3.05) is 23.3 Å². The first-order chi connectivity index (χ1) is 17.3. The molecule has 2 heterocycles. The second-order valence-corrected chi connectivity index (χ2v) is 10.9. The van der Waals surface area contributed by atoms with E-state index in [0.29, 0.717) is 49.2 Å². The first-order valence-electron chi connectivity index (χ1n) is 12.1. The maximum atomic E-state index is 13.6. The molecule has 2 aliphatic heterocycles. The standard InChI is InChI=1S/C27H28ClN3O3S2/c1-3-5-8-17(4-2)15-31-26(34)24(36-27(31)35)23-20-9-6-7-10-21(20)30(25(23)33)16-22(32)29-19-13-11-18(28)12-14-19/h6-7,9-14,17H,3-5,8,15-16H2,1-2H3,(H,29,32)/b24-23+. The van der Waals surface area contributed by atoms with Crippen molar-refractivity contribution < 1.29 is 14.4 Å².